The summed E-state index contributed by atoms with van der Waals surface area (Å²) in [6.45, 7) is 0. The van der Waals surface area contributed by atoms with Crippen LogP contribution in [-0.2, 0) is 0 Å². The quantitative estimate of drug-likeness (QED) is 0.707. The standard InChI is InChI=1S/C20H18N2O4/c1-21(2)19(25)11-5-7-13-15(9-11)17(23)14-8-6-12(20(26)22(3)4)10-16(14)18(13)24/h5-10H,1-4H3. The van der Waals surface area contributed by atoms with Gasteiger partial charge in [-0.05, 0) is 36.4 Å². The smallest absolute Gasteiger partial charge is 0.253 e. The number of benzene rings is 2. The largest absolute Gasteiger partial charge is 0.345 e. The number of nitrogens with zero attached hydrogens (tertiary/aromatic N) is 2. The van der Waals surface area contributed by atoms with Crippen molar-refractivity contribution in [2.45, 2.75) is 0 Å². The maximum absolute atomic E-state index is 12.8. The summed E-state index contributed by atoms with van der Waals surface area (Å²) >= 11 is 0. The van der Waals surface area contributed by atoms with Gasteiger partial charge in [0, 0.05) is 61.6 Å². The van der Waals surface area contributed by atoms with Crippen molar-refractivity contribution in [1.82, 2.24) is 9.80 Å². The molecule has 0 atom stereocenters. The molecule has 0 saturated heterocycles. The van der Waals surface area contributed by atoms with Crippen molar-refractivity contribution >= 4 is 23.4 Å². The van der Waals surface area contributed by atoms with Gasteiger partial charge in [-0.25, -0.2) is 0 Å². The van der Waals surface area contributed by atoms with Crippen molar-refractivity contribution in [3.8, 4) is 0 Å². The first-order valence-corrected chi connectivity index (χ1v) is 8.03. The van der Waals surface area contributed by atoms with Crippen LogP contribution in [0.1, 0.15) is 52.6 Å². The first-order valence-electron chi connectivity index (χ1n) is 8.03. The summed E-state index contributed by atoms with van der Waals surface area (Å²) in [4.78, 5) is 52.8. The second-order valence-corrected chi connectivity index (χ2v) is 6.58. The van der Waals surface area contributed by atoms with Crippen molar-refractivity contribution in [2.24, 2.45) is 0 Å². The Labute approximate surface area is 151 Å². The van der Waals surface area contributed by atoms with Gasteiger partial charge >= 0.3 is 0 Å². The number of carbonyl (C=O) groups is 4. The molecule has 0 bridgehead atoms. The van der Waals surface area contributed by atoms with Crippen LogP contribution in [0.3, 0.4) is 0 Å². The van der Waals surface area contributed by atoms with Crippen LogP contribution in [0.15, 0.2) is 36.4 Å². The highest BCUT2D eigenvalue weighted by Gasteiger charge is 2.31. The van der Waals surface area contributed by atoms with Gasteiger partial charge in [0.05, 0.1) is 0 Å². The Bertz CT molecular complexity index is 894. The van der Waals surface area contributed by atoms with Crippen molar-refractivity contribution in [3.63, 3.8) is 0 Å². The minimum Gasteiger partial charge on any atom is -0.345 e. The zero-order chi connectivity index (χ0) is 19.2. The predicted molar refractivity (Wildman–Crippen MR) is 95.8 cm³/mol. The Morgan fingerprint density at radius 3 is 1.27 bits per heavy atom. The van der Waals surface area contributed by atoms with E-state index in [1.807, 2.05) is 0 Å². The molecular formula is C20H18N2O4. The van der Waals surface area contributed by atoms with E-state index >= 15 is 0 Å². The lowest BCUT2D eigenvalue weighted by Gasteiger charge is -2.20. The van der Waals surface area contributed by atoms with Crippen molar-refractivity contribution < 1.29 is 19.2 Å². The van der Waals surface area contributed by atoms with E-state index < -0.39 is 0 Å². The third-order valence-corrected chi connectivity index (χ3v) is 4.32. The number of fused-ring (bicyclic) bond motifs is 2. The van der Waals surface area contributed by atoms with Crippen LogP contribution in [0, 0.1) is 0 Å². The number of ketones is 2. The van der Waals surface area contributed by atoms with Gasteiger partial charge in [-0.2, -0.15) is 0 Å². The van der Waals surface area contributed by atoms with E-state index in [4.69, 9.17) is 0 Å². The first-order chi connectivity index (χ1) is 12.2. The number of amides is 2. The third kappa shape index (κ3) is 2.69. The van der Waals surface area contributed by atoms with Crippen molar-refractivity contribution in [1.29, 1.82) is 0 Å². The van der Waals surface area contributed by atoms with E-state index in [1.54, 1.807) is 28.2 Å². The van der Waals surface area contributed by atoms with Crippen molar-refractivity contribution in [2.75, 3.05) is 28.2 Å². The van der Waals surface area contributed by atoms with Crippen LogP contribution in [0.25, 0.3) is 0 Å². The van der Waals surface area contributed by atoms with E-state index in [2.05, 4.69) is 0 Å². The zero-order valence-corrected chi connectivity index (χ0v) is 15.0. The minimum absolute atomic E-state index is 0.210. The topological polar surface area (TPSA) is 74.8 Å². The molecule has 0 heterocycles. The molecule has 0 spiro atoms. The number of carbonyl (C=O) groups excluding carboxylic acids is 4. The van der Waals surface area contributed by atoms with E-state index in [0.29, 0.717) is 11.1 Å². The molecule has 26 heavy (non-hydrogen) atoms. The molecule has 132 valence electrons. The minimum atomic E-state index is -0.327. The SMILES string of the molecule is CN(C)C(=O)c1ccc2c(c1)C(=O)c1ccc(C(=O)N(C)C)cc1C2=O. The van der Waals surface area contributed by atoms with Crippen LogP contribution >= 0.6 is 0 Å². The maximum atomic E-state index is 12.8. The molecule has 0 unspecified atom stereocenters. The molecule has 0 fully saturated rings. The summed E-state index contributed by atoms with van der Waals surface area (Å²) in [5.41, 5.74) is 1.60. The highest BCUT2D eigenvalue weighted by atomic mass is 16.2. The summed E-state index contributed by atoms with van der Waals surface area (Å²) < 4.78 is 0. The molecule has 2 aromatic rings. The van der Waals surface area contributed by atoms with E-state index in [9.17, 15) is 19.2 Å². The number of rotatable bonds is 2. The molecule has 0 aromatic heterocycles. The molecule has 0 radical (unpaired) electrons. The normalized spacial score (nSPS) is 12.3. The van der Waals surface area contributed by atoms with Crippen LogP contribution < -0.4 is 0 Å². The molecule has 3 rings (SSSR count). The number of hydrogen-bond donors (Lipinski definition) is 0. The Morgan fingerprint density at radius 2 is 0.962 bits per heavy atom. The van der Waals surface area contributed by atoms with Gasteiger partial charge in [0.2, 0.25) is 0 Å². The van der Waals surface area contributed by atoms with Gasteiger partial charge in [0.15, 0.2) is 11.6 Å². The molecule has 6 heteroatoms. The zero-order valence-electron chi connectivity index (χ0n) is 15.0. The lowest BCUT2D eigenvalue weighted by molar-refractivity contribution is 0.0819. The fourth-order valence-corrected chi connectivity index (χ4v) is 2.93. The summed E-state index contributed by atoms with van der Waals surface area (Å²) in [6, 6.07) is 8.98. The van der Waals surface area contributed by atoms with Gasteiger partial charge in [0.25, 0.3) is 11.8 Å². The van der Waals surface area contributed by atoms with Crippen LogP contribution in [0.5, 0.6) is 0 Å². The molecule has 0 saturated carbocycles. The third-order valence-electron chi connectivity index (χ3n) is 4.32. The highest BCUT2D eigenvalue weighted by Crippen LogP contribution is 2.29. The van der Waals surface area contributed by atoms with Crippen LogP contribution in [0.2, 0.25) is 0 Å². The molecule has 2 amide bonds. The molecule has 0 aliphatic heterocycles. The van der Waals surface area contributed by atoms with Gasteiger partial charge < -0.3 is 9.80 Å². The molecule has 0 N–H and O–H groups in total. The van der Waals surface area contributed by atoms with E-state index in [-0.39, 0.29) is 45.6 Å². The second kappa shape index (κ2) is 6.22. The Kier molecular flexibility index (Phi) is 4.20. The second-order valence-electron chi connectivity index (χ2n) is 6.58. The van der Waals surface area contributed by atoms with Crippen LogP contribution in [-0.4, -0.2) is 61.4 Å². The Morgan fingerprint density at radius 1 is 0.615 bits per heavy atom. The van der Waals surface area contributed by atoms with Gasteiger partial charge in [0.1, 0.15) is 0 Å². The maximum Gasteiger partial charge on any atom is 0.253 e. The van der Waals surface area contributed by atoms with E-state index in [1.165, 1.54) is 46.2 Å². The highest BCUT2D eigenvalue weighted by molar-refractivity contribution is 6.29. The summed E-state index contributed by atoms with van der Waals surface area (Å²) in [5, 5.41) is 0. The summed E-state index contributed by atoms with van der Waals surface area (Å²) in [7, 11) is 6.47. The van der Waals surface area contributed by atoms with Gasteiger partial charge in [-0.1, -0.05) is 0 Å². The Hall–Kier alpha value is -3.28. The lowest BCUT2D eigenvalue weighted by Crippen LogP contribution is -2.26. The van der Waals surface area contributed by atoms with E-state index in [0.717, 1.165) is 0 Å². The Balaban J connectivity index is 2.11. The molecular weight excluding hydrogens is 332 g/mol. The average Bonchev–Trinajstić information content (AvgIpc) is 2.63. The van der Waals surface area contributed by atoms with Gasteiger partial charge in [-0.15, -0.1) is 0 Å². The molecule has 1 aliphatic carbocycles. The first kappa shape index (κ1) is 17.5. The fourth-order valence-electron chi connectivity index (χ4n) is 2.93. The van der Waals surface area contributed by atoms with Crippen LogP contribution in [0.4, 0.5) is 0 Å². The van der Waals surface area contributed by atoms with Gasteiger partial charge in [-0.3, -0.25) is 19.2 Å². The summed E-state index contributed by atoms with van der Waals surface area (Å²) in [5.74, 6) is -1.14. The monoisotopic (exact) mass is 350 g/mol. The summed E-state index contributed by atoms with van der Waals surface area (Å²) in [6.07, 6.45) is 0. The molecule has 6 nitrogen and oxygen atoms in total. The lowest BCUT2D eigenvalue weighted by atomic mass is 9.82. The fraction of sp³-hybridized carbons (Fsp3) is 0.200. The average molecular weight is 350 g/mol. The predicted octanol–water partition coefficient (Wildman–Crippen LogP) is 1.87. The molecule has 2 aromatic carbocycles. The van der Waals surface area contributed by atoms with Crippen molar-refractivity contribution in [3.05, 3.63) is 69.8 Å². The number of hydrogen-bond acceptors (Lipinski definition) is 4. The molecule has 1 aliphatic rings.